The first kappa shape index (κ1) is 16.2. The fraction of sp³-hybridized carbons (Fsp3) is 0.118. The number of nitrogens with zero attached hydrogens (tertiary/aromatic N) is 1. The number of aromatic nitrogens is 1. The van der Waals surface area contributed by atoms with Gasteiger partial charge in [-0.1, -0.05) is 17.7 Å². The molecule has 0 saturated heterocycles. The number of rotatable bonds is 4. The number of hydrogen-bond donors (Lipinski definition) is 1. The summed E-state index contributed by atoms with van der Waals surface area (Å²) in [4.78, 5) is 12.1. The molecule has 1 heterocycles. The molecule has 3 aromatic rings. The Morgan fingerprint density at radius 3 is 2.54 bits per heavy atom. The molecule has 0 bridgehead atoms. The predicted molar refractivity (Wildman–Crippen MR) is 88.4 cm³/mol. The molecule has 5 nitrogen and oxygen atoms in total. The van der Waals surface area contributed by atoms with Crippen LogP contribution in [0, 0.1) is 12.7 Å². The zero-order chi connectivity index (χ0) is 17.3. The van der Waals surface area contributed by atoms with Crippen molar-refractivity contribution in [3.63, 3.8) is 0 Å². The van der Waals surface area contributed by atoms with E-state index in [9.17, 15) is 17.6 Å². The summed E-state index contributed by atoms with van der Waals surface area (Å²) in [6.07, 6.45) is 1.61. The first-order valence-electron chi connectivity index (χ1n) is 7.22. The van der Waals surface area contributed by atoms with E-state index in [-0.39, 0.29) is 17.3 Å². The monoisotopic (exact) mass is 346 g/mol. The van der Waals surface area contributed by atoms with Crippen molar-refractivity contribution in [1.82, 2.24) is 9.29 Å². The summed E-state index contributed by atoms with van der Waals surface area (Å²) in [5, 5.41) is 0.643. The van der Waals surface area contributed by atoms with E-state index in [1.165, 1.54) is 24.3 Å². The molecule has 1 aromatic heterocycles. The van der Waals surface area contributed by atoms with E-state index in [1.807, 2.05) is 11.6 Å². The molecule has 0 unspecified atom stereocenters. The van der Waals surface area contributed by atoms with Gasteiger partial charge in [0.2, 0.25) is 0 Å². The highest BCUT2D eigenvalue weighted by Gasteiger charge is 2.18. The Hall–Kier alpha value is -2.67. The highest BCUT2D eigenvalue weighted by atomic mass is 32.2. The Morgan fingerprint density at radius 1 is 1.12 bits per heavy atom. The van der Waals surface area contributed by atoms with Crippen LogP contribution in [0.15, 0.2) is 59.6 Å². The number of carbonyl (C=O) groups is 1. The summed E-state index contributed by atoms with van der Waals surface area (Å²) in [5.41, 5.74) is 1.57. The van der Waals surface area contributed by atoms with Crippen molar-refractivity contribution in [2.75, 3.05) is 0 Å². The molecule has 0 spiro atoms. The second-order valence-corrected chi connectivity index (χ2v) is 7.17. The van der Waals surface area contributed by atoms with Gasteiger partial charge >= 0.3 is 0 Å². The number of halogens is 1. The van der Waals surface area contributed by atoms with Crippen molar-refractivity contribution < 1.29 is 17.6 Å². The van der Waals surface area contributed by atoms with Gasteiger partial charge in [0.1, 0.15) is 12.4 Å². The topological polar surface area (TPSA) is 68.2 Å². The zero-order valence-corrected chi connectivity index (χ0v) is 13.7. The van der Waals surface area contributed by atoms with Gasteiger partial charge in [0.25, 0.3) is 15.9 Å². The van der Waals surface area contributed by atoms with Crippen LogP contribution in [0.1, 0.15) is 5.56 Å². The molecule has 24 heavy (non-hydrogen) atoms. The van der Waals surface area contributed by atoms with Crippen LogP contribution in [0.4, 0.5) is 4.39 Å². The molecule has 0 radical (unpaired) electrons. The third kappa shape index (κ3) is 3.30. The Kier molecular flexibility index (Phi) is 4.11. The number of nitrogens with one attached hydrogen (secondary N) is 1. The fourth-order valence-corrected chi connectivity index (χ4v) is 3.40. The van der Waals surface area contributed by atoms with Gasteiger partial charge in [-0.05, 0) is 43.3 Å². The molecule has 2 aromatic carbocycles. The van der Waals surface area contributed by atoms with E-state index in [1.54, 1.807) is 35.0 Å². The number of hydrogen-bond acceptors (Lipinski definition) is 3. The molecule has 0 saturated carbocycles. The molecular formula is C17H15FN2O3S. The second kappa shape index (κ2) is 6.09. The lowest BCUT2D eigenvalue weighted by atomic mass is 10.2. The van der Waals surface area contributed by atoms with Crippen LogP contribution in [0.3, 0.4) is 0 Å². The number of fused-ring (bicyclic) bond motifs is 1. The van der Waals surface area contributed by atoms with Gasteiger partial charge in [-0.2, -0.15) is 0 Å². The minimum atomic E-state index is -3.91. The maximum atomic E-state index is 13.2. The van der Waals surface area contributed by atoms with Gasteiger partial charge in [-0.3, -0.25) is 4.79 Å². The highest BCUT2D eigenvalue weighted by molar-refractivity contribution is 7.90. The maximum absolute atomic E-state index is 13.2. The molecular weight excluding hydrogens is 331 g/mol. The van der Waals surface area contributed by atoms with Crippen LogP contribution >= 0.6 is 0 Å². The molecule has 0 aliphatic rings. The van der Waals surface area contributed by atoms with Crippen molar-refractivity contribution in [2.45, 2.75) is 18.4 Å². The summed E-state index contributed by atoms with van der Waals surface area (Å²) in [6, 6.07) is 12.1. The summed E-state index contributed by atoms with van der Waals surface area (Å²) in [6.45, 7) is 1.66. The van der Waals surface area contributed by atoms with Crippen molar-refractivity contribution in [1.29, 1.82) is 0 Å². The smallest absolute Gasteiger partial charge is 0.264 e. The molecule has 124 valence electrons. The minimum absolute atomic E-state index is 0.0286. The third-order valence-corrected chi connectivity index (χ3v) is 5.02. The van der Waals surface area contributed by atoms with Gasteiger partial charge in [0.05, 0.1) is 4.90 Å². The van der Waals surface area contributed by atoms with Gasteiger partial charge in [0, 0.05) is 17.1 Å². The zero-order valence-electron chi connectivity index (χ0n) is 12.9. The van der Waals surface area contributed by atoms with Crippen LogP contribution in [-0.4, -0.2) is 18.9 Å². The number of benzene rings is 2. The standard InChI is InChI=1S/C17H15FN2O3S/c1-12-2-5-15(6-3-12)24(22,23)19-17(21)11-20-9-8-13-10-14(18)4-7-16(13)20/h2-10H,11H2,1H3,(H,19,21). The molecule has 0 aliphatic carbocycles. The van der Waals surface area contributed by atoms with Crippen molar-refractivity contribution in [3.8, 4) is 0 Å². The molecule has 1 amide bonds. The van der Waals surface area contributed by atoms with Crippen LogP contribution in [-0.2, 0) is 21.4 Å². The lowest BCUT2D eigenvalue weighted by molar-refractivity contribution is -0.119. The third-order valence-electron chi connectivity index (χ3n) is 3.63. The summed E-state index contributed by atoms with van der Waals surface area (Å²) >= 11 is 0. The van der Waals surface area contributed by atoms with Gasteiger partial charge < -0.3 is 4.57 Å². The average molecular weight is 346 g/mol. The minimum Gasteiger partial charge on any atom is -0.338 e. The van der Waals surface area contributed by atoms with Crippen LogP contribution in [0.2, 0.25) is 0 Å². The van der Waals surface area contributed by atoms with E-state index in [2.05, 4.69) is 0 Å². The molecule has 0 aliphatic heterocycles. The lowest BCUT2D eigenvalue weighted by Gasteiger charge is -2.09. The maximum Gasteiger partial charge on any atom is 0.264 e. The van der Waals surface area contributed by atoms with E-state index in [4.69, 9.17) is 0 Å². The summed E-state index contributed by atoms with van der Waals surface area (Å²) in [5.74, 6) is -1.04. The Labute approximate surface area is 138 Å². The average Bonchev–Trinajstić information content (AvgIpc) is 2.89. The summed E-state index contributed by atoms with van der Waals surface area (Å²) < 4.78 is 41.2. The van der Waals surface area contributed by atoms with E-state index < -0.39 is 15.9 Å². The molecule has 3 rings (SSSR count). The van der Waals surface area contributed by atoms with E-state index >= 15 is 0 Å². The number of amides is 1. The number of sulfonamides is 1. The number of carbonyl (C=O) groups excluding carboxylic acids is 1. The number of aryl methyl sites for hydroxylation is 1. The van der Waals surface area contributed by atoms with E-state index in [0.29, 0.717) is 10.9 Å². The molecule has 0 fully saturated rings. The molecule has 7 heteroatoms. The molecule has 0 atom stereocenters. The predicted octanol–water partition coefficient (Wildman–Crippen LogP) is 2.59. The first-order chi connectivity index (χ1) is 11.3. The molecule has 1 N–H and O–H groups in total. The van der Waals surface area contributed by atoms with Crippen LogP contribution < -0.4 is 4.72 Å². The van der Waals surface area contributed by atoms with Crippen molar-refractivity contribution >= 4 is 26.8 Å². The van der Waals surface area contributed by atoms with Gasteiger partial charge in [-0.15, -0.1) is 0 Å². The summed E-state index contributed by atoms with van der Waals surface area (Å²) in [7, 11) is -3.91. The van der Waals surface area contributed by atoms with Crippen molar-refractivity contribution in [3.05, 3.63) is 66.1 Å². The largest absolute Gasteiger partial charge is 0.338 e. The fourth-order valence-electron chi connectivity index (χ4n) is 2.42. The highest BCUT2D eigenvalue weighted by Crippen LogP contribution is 2.17. The first-order valence-corrected chi connectivity index (χ1v) is 8.70. The quantitative estimate of drug-likeness (QED) is 0.789. The Morgan fingerprint density at radius 2 is 1.83 bits per heavy atom. The Bertz CT molecular complexity index is 1010. The van der Waals surface area contributed by atoms with E-state index in [0.717, 1.165) is 5.56 Å². The SMILES string of the molecule is Cc1ccc(S(=O)(=O)NC(=O)Cn2ccc3cc(F)ccc32)cc1. The lowest BCUT2D eigenvalue weighted by Crippen LogP contribution is -2.33. The van der Waals surface area contributed by atoms with Gasteiger partial charge in [0.15, 0.2) is 0 Å². The second-order valence-electron chi connectivity index (χ2n) is 5.49. The Balaban J connectivity index is 1.78. The van der Waals surface area contributed by atoms with Gasteiger partial charge in [-0.25, -0.2) is 17.5 Å². The van der Waals surface area contributed by atoms with Crippen molar-refractivity contribution in [2.24, 2.45) is 0 Å². The normalized spacial score (nSPS) is 11.6. The van der Waals surface area contributed by atoms with Crippen LogP contribution in [0.5, 0.6) is 0 Å². The van der Waals surface area contributed by atoms with Crippen LogP contribution in [0.25, 0.3) is 10.9 Å².